The Kier molecular flexibility index (Phi) is 5.62. The smallest absolute Gasteiger partial charge is 0.123 e. The molecule has 1 aliphatic heterocycles. The van der Waals surface area contributed by atoms with Crippen molar-refractivity contribution >= 4 is 0 Å². The summed E-state index contributed by atoms with van der Waals surface area (Å²) in [6.45, 7) is 11.8. The summed E-state index contributed by atoms with van der Waals surface area (Å²) in [4.78, 5) is 2.43. The summed E-state index contributed by atoms with van der Waals surface area (Å²) in [5.41, 5.74) is 8.38. The maximum atomic E-state index is 6.01. The third-order valence-electron chi connectivity index (χ3n) is 3.80. The Labute approximate surface area is 128 Å². The molecule has 1 aromatic carbocycles. The van der Waals surface area contributed by atoms with Crippen LogP contribution in [0.15, 0.2) is 18.2 Å². The molecule has 2 N–H and O–H groups in total. The first-order chi connectivity index (χ1) is 9.99. The lowest BCUT2D eigenvalue weighted by molar-refractivity contribution is -0.0706. The summed E-state index contributed by atoms with van der Waals surface area (Å²) in [5, 5.41) is 0. The van der Waals surface area contributed by atoms with Crippen molar-refractivity contribution in [2.45, 2.75) is 52.5 Å². The van der Waals surface area contributed by atoms with Gasteiger partial charge in [0.25, 0.3) is 0 Å². The first-order valence-corrected chi connectivity index (χ1v) is 7.88. The third-order valence-corrected chi connectivity index (χ3v) is 3.80. The minimum atomic E-state index is 0.0435. The second kappa shape index (κ2) is 7.25. The summed E-state index contributed by atoms with van der Waals surface area (Å²) in [6.07, 6.45) is 0.557. The second-order valence-electron chi connectivity index (χ2n) is 6.04. The van der Waals surface area contributed by atoms with Gasteiger partial charge in [-0.2, -0.15) is 0 Å². The van der Waals surface area contributed by atoms with Crippen molar-refractivity contribution in [2.24, 2.45) is 5.73 Å². The zero-order chi connectivity index (χ0) is 15.4. The lowest BCUT2D eigenvalue weighted by Crippen LogP contribution is -2.44. The first kappa shape index (κ1) is 16.3. The molecule has 4 heteroatoms. The van der Waals surface area contributed by atoms with Crippen molar-refractivity contribution in [1.29, 1.82) is 0 Å². The van der Waals surface area contributed by atoms with Crippen LogP contribution in [0.1, 0.15) is 44.9 Å². The number of nitrogens with zero attached hydrogens (tertiary/aromatic N) is 1. The molecule has 21 heavy (non-hydrogen) atoms. The average molecular weight is 292 g/mol. The predicted octanol–water partition coefficient (Wildman–Crippen LogP) is 2.71. The van der Waals surface area contributed by atoms with Crippen molar-refractivity contribution in [1.82, 2.24) is 4.90 Å². The van der Waals surface area contributed by atoms with E-state index in [2.05, 4.69) is 30.9 Å². The number of nitrogens with two attached hydrogens (primary N) is 1. The fourth-order valence-corrected chi connectivity index (χ4v) is 2.96. The lowest BCUT2D eigenvalue weighted by Gasteiger charge is -2.35. The number of hydrogen-bond acceptors (Lipinski definition) is 4. The lowest BCUT2D eigenvalue weighted by atomic mass is 10.0. The molecule has 0 amide bonds. The topological polar surface area (TPSA) is 47.7 Å². The van der Waals surface area contributed by atoms with Crippen molar-refractivity contribution in [3.8, 4) is 5.75 Å². The van der Waals surface area contributed by atoms with Gasteiger partial charge >= 0.3 is 0 Å². The minimum Gasteiger partial charge on any atom is -0.494 e. The van der Waals surface area contributed by atoms with E-state index in [1.807, 2.05) is 19.9 Å². The van der Waals surface area contributed by atoms with Crippen LogP contribution in [0.5, 0.6) is 5.75 Å². The molecule has 2 rings (SSSR count). The van der Waals surface area contributed by atoms with Crippen LogP contribution in [-0.2, 0) is 11.3 Å². The van der Waals surface area contributed by atoms with E-state index in [0.29, 0.717) is 6.61 Å². The van der Waals surface area contributed by atoms with E-state index in [9.17, 15) is 0 Å². The van der Waals surface area contributed by atoms with Gasteiger partial charge in [-0.1, -0.05) is 6.07 Å². The molecule has 1 saturated heterocycles. The second-order valence-corrected chi connectivity index (χ2v) is 6.04. The van der Waals surface area contributed by atoms with Gasteiger partial charge in [0.05, 0.1) is 18.8 Å². The van der Waals surface area contributed by atoms with E-state index in [4.69, 9.17) is 15.2 Å². The van der Waals surface area contributed by atoms with Crippen molar-refractivity contribution in [3.63, 3.8) is 0 Å². The van der Waals surface area contributed by atoms with Crippen LogP contribution in [-0.4, -0.2) is 36.8 Å². The van der Waals surface area contributed by atoms with Gasteiger partial charge in [0.1, 0.15) is 5.75 Å². The van der Waals surface area contributed by atoms with E-state index >= 15 is 0 Å². The standard InChI is InChI=1S/C17H28N2O2/c1-5-20-17-7-6-15(14(4)18)8-16(17)11-19-9-12(2)21-13(3)10-19/h6-8,12-14H,5,9-11,18H2,1-4H3. The normalized spacial score (nSPS) is 24.8. The van der Waals surface area contributed by atoms with Crippen molar-refractivity contribution in [3.05, 3.63) is 29.3 Å². The van der Waals surface area contributed by atoms with Crippen molar-refractivity contribution < 1.29 is 9.47 Å². The molecule has 1 heterocycles. The summed E-state index contributed by atoms with van der Waals surface area (Å²) < 4.78 is 11.6. The van der Waals surface area contributed by atoms with E-state index < -0.39 is 0 Å². The largest absolute Gasteiger partial charge is 0.494 e. The maximum absolute atomic E-state index is 6.01. The van der Waals surface area contributed by atoms with Gasteiger partial charge in [0.2, 0.25) is 0 Å². The van der Waals surface area contributed by atoms with Gasteiger partial charge in [0.15, 0.2) is 0 Å². The van der Waals surface area contributed by atoms with Gasteiger partial charge < -0.3 is 15.2 Å². The SMILES string of the molecule is CCOc1ccc(C(C)N)cc1CN1CC(C)OC(C)C1. The summed E-state index contributed by atoms with van der Waals surface area (Å²) >= 11 is 0. The van der Waals surface area contributed by atoms with Crippen LogP contribution in [0.3, 0.4) is 0 Å². The summed E-state index contributed by atoms with van der Waals surface area (Å²) in [7, 11) is 0. The van der Waals surface area contributed by atoms with Crippen LogP contribution in [0.4, 0.5) is 0 Å². The van der Waals surface area contributed by atoms with Gasteiger partial charge in [-0.05, 0) is 45.4 Å². The highest BCUT2D eigenvalue weighted by molar-refractivity contribution is 5.38. The Morgan fingerprint density at radius 2 is 2.00 bits per heavy atom. The Hall–Kier alpha value is -1.10. The molecule has 3 atom stereocenters. The third kappa shape index (κ3) is 4.43. The minimum absolute atomic E-state index is 0.0435. The highest BCUT2D eigenvalue weighted by Gasteiger charge is 2.23. The Balaban J connectivity index is 2.17. The first-order valence-electron chi connectivity index (χ1n) is 7.88. The predicted molar refractivity (Wildman–Crippen MR) is 85.5 cm³/mol. The van der Waals surface area contributed by atoms with Gasteiger partial charge in [-0.25, -0.2) is 0 Å². The fraction of sp³-hybridized carbons (Fsp3) is 0.647. The molecule has 0 saturated carbocycles. The van der Waals surface area contributed by atoms with Crippen LogP contribution >= 0.6 is 0 Å². The van der Waals surface area contributed by atoms with E-state index in [0.717, 1.165) is 30.9 Å². The van der Waals surface area contributed by atoms with E-state index in [-0.39, 0.29) is 18.2 Å². The number of rotatable bonds is 5. The molecule has 1 fully saturated rings. The van der Waals surface area contributed by atoms with Crippen LogP contribution in [0.25, 0.3) is 0 Å². The molecule has 0 radical (unpaired) electrons. The number of morpholine rings is 1. The monoisotopic (exact) mass is 292 g/mol. The molecule has 0 spiro atoms. The molecule has 118 valence electrons. The van der Waals surface area contributed by atoms with Gasteiger partial charge in [0, 0.05) is 31.2 Å². The van der Waals surface area contributed by atoms with Crippen LogP contribution < -0.4 is 10.5 Å². The molecule has 4 nitrogen and oxygen atoms in total. The molecule has 1 aliphatic rings. The molecular formula is C17H28N2O2. The molecule has 1 aromatic rings. The maximum Gasteiger partial charge on any atom is 0.123 e. The number of benzene rings is 1. The average Bonchev–Trinajstić information content (AvgIpc) is 2.39. The molecule has 0 bridgehead atoms. The Morgan fingerprint density at radius 1 is 1.33 bits per heavy atom. The summed E-state index contributed by atoms with van der Waals surface area (Å²) in [6, 6.07) is 6.33. The van der Waals surface area contributed by atoms with E-state index in [1.165, 1.54) is 5.56 Å². The van der Waals surface area contributed by atoms with Crippen molar-refractivity contribution in [2.75, 3.05) is 19.7 Å². The fourth-order valence-electron chi connectivity index (χ4n) is 2.96. The zero-order valence-electron chi connectivity index (χ0n) is 13.6. The molecule has 0 aromatic heterocycles. The molecule has 3 unspecified atom stereocenters. The molecule has 0 aliphatic carbocycles. The number of ether oxygens (including phenoxy) is 2. The Morgan fingerprint density at radius 3 is 2.57 bits per heavy atom. The quantitative estimate of drug-likeness (QED) is 0.906. The Bertz CT molecular complexity index is 452. The molecular weight excluding hydrogens is 264 g/mol. The van der Waals surface area contributed by atoms with Gasteiger partial charge in [-0.15, -0.1) is 0 Å². The van der Waals surface area contributed by atoms with Crippen LogP contribution in [0, 0.1) is 0 Å². The zero-order valence-corrected chi connectivity index (χ0v) is 13.6. The summed E-state index contributed by atoms with van der Waals surface area (Å²) in [5.74, 6) is 0.966. The highest BCUT2D eigenvalue weighted by atomic mass is 16.5. The number of hydrogen-bond donors (Lipinski definition) is 1. The van der Waals surface area contributed by atoms with Gasteiger partial charge in [-0.3, -0.25) is 4.90 Å². The van der Waals surface area contributed by atoms with E-state index in [1.54, 1.807) is 0 Å². The highest BCUT2D eigenvalue weighted by Crippen LogP contribution is 2.25. The van der Waals surface area contributed by atoms with Crippen LogP contribution in [0.2, 0.25) is 0 Å².